The van der Waals surface area contributed by atoms with Crippen molar-refractivity contribution in [2.24, 2.45) is 0 Å². The van der Waals surface area contributed by atoms with E-state index < -0.39 is 5.97 Å². The fourth-order valence-electron chi connectivity index (χ4n) is 2.32. The van der Waals surface area contributed by atoms with E-state index in [1.54, 1.807) is 24.3 Å². The topological polar surface area (TPSA) is 69.4 Å². The Hall–Kier alpha value is -2.66. The van der Waals surface area contributed by atoms with Gasteiger partial charge in [-0.2, -0.15) is 0 Å². The maximum atomic E-state index is 12.7. The maximum Gasteiger partial charge on any atom is 0.337 e. The van der Waals surface area contributed by atoms with E-state index in [1.807, 2.05) is 24.3 Å². The van der Waals surface area contributed by atoms with Crippen molar-refractivity contribution in [1.82, 2.24) is 0 Å². The van der Waals surface area contributed by atoms with E-state index >= 15 is 0 Å². The minimum absolute atomic E-state index is 0.147. The van der Waals surface area contributed by atoms with Crippen LogP contribution in [-0.4, -0.2) is 18.9 Å². The van der Waals surface area contributed by atoms with Crippen molar-refractivity contribution in [3.05, 3.63) is 65.2 Å². The second-order valence-electron chi connectivity index (χ2n) is 4.74. The highest BCUT2D eigenvalue weighted by atomic mass is 32.1. The van der Waals surface area contributed by atoms with Crippen LogP contribution in [0.3, 0.4) is 0 Å². The van der Waals surface area contributed by atoms with Crippen molar-refractivity contribution in [3.63, 3.8) is 0 Å². The highest BCUT2D eigenvalue weighted by molar-refractivity contribution is 7.23. The van der Waals surface area contributed by atoms with Crippen LogP contribution >= 0.6 is 11.3 Å². The van der Waals surface area contributed by atoms with Gasteiger partial charge in [0.15, 0.2) is 5.78 Å². The lowest BCUT2D eigenvalue weighted by Crippen LogP contribution is -2.05. The summed E-state index contributed by atoms with van der Waals surface area (Å²) in [4.78, 5) is 24.1. The summed E-state index contributed by atoms with van der Waals surface area (Å²) >= 11 is 1.40. The van der Waals surface area contributed by atoms with Crippen LogP contribution < -0.4 is 5.73 Å². The highest BCUT2D eigenvalue weighted by Crippen LogP contribution is 2.34. The third-order valence-corrected chi connectivity index (χ3v) is 4.42. The molecule has 0 bridgehead atoms. The number of carbonyl (C=O) groups is 2. The van der Waals surface area contributed by atoms with Crippen LogP contribution in [0.5, 0.6) is 0 Å². The first-order chi connectivity index (χ1) is 10.6. The average Bonchev–Trinajstić information content (AvgIpc) is 2.89. The molecule has 0 saturated heterocycles. The molecule has 0 aliphatic rings. The van der Waals surface area contributed by atoms with Crippen molar-refractivity contribution in [2.75, 3.05) is 12.8 Å². The zero-order valence-electron chi connectivity index (χ0n) is 11.8. The first-order valence-corrected chi connectivity index (χ1v) is 7.43. The lowest BCUT2D eigenvalue weighted by atomic mass is 10.0. The van der Waals surface area contributed by atoms with E-state index in [9.17, 15) is 9.59 Å². The number of ether oxygens (including phenoxy) is 1. The molecule has 1 heterocycles. The number of fused-ring (bicyclic) bond motifs is 1. The number of ketones is 1. The second-order valence-corrected chi connectivity index (χ2v) is 5.82. The van der Waals surface area contributed by atoms with E-state index in [4.69, 9.17) is 5.73 Å². The molecule has 0 radical (unpaired) electrons. The number of esters is 1. The molecule has 2 aromatic carbocycles. The molecule has 0 aliphatic carbocycles. The molecule has 2 N–H and O–H groups in total. The van der Waals surface area contributed by atoms with Gasteiger partial charge in [-0.1, -0.05) is 30.3 Å². The Balaban J connectivity index is 2.03. The van der Waals surface area contributed by atoms with Gasteiger partial charge in [0, 0.05) is 15.6 Å². The third-order valence-electron chi connectivity index (χ3n) is 3.42. The summed E-state index contributed by atoms with van der Waals surface area (Å²) in [6.07, 6.45) is 0. The van der Waals surface area contributed by atoms with Crippen LogP contribution in [0.15, 0.2) is 48.5 Å². The normalized spacial score (nSPS) is 10.6. The molecular formula is C17H13NO3S. The summed E-state index contributed by atoms with van der Waals surface area (Å²) in [6, 6.07) is 14.0. The van der Waals surface area contributed by atoms with Gasteiger partial charge >= 0.3 is 5.97 Å². The molecule has 110 valence electrons. The number of anilines is 1. The average molecular weight is 311 g/mol. The predicted molar refractivity (Wildman–Crippen MR) is 87.5 cm³/mol. The number of thiophene rings is 1. The number of nitrogen functional groups attached to an aromatic ring is 1. The Morgan fingerprint density at radius 2 is 1.64 bits per heavy atom. The van der Waals surface area contributed by atoms with Gasteiger partial charge in [-0.25, -0.2) is 4.79 Å². The largest absolute Gasteiger partial charge is 0.465 e. The molecule has 1 aromatic heterocycles. The fraction of sp³-hybridized carbons (Fsp3) is 0.0588. The molecule has 0 saturated carbocycles. The van der Waals surface area contributed by atoms with Crippen molar-refractivity contribution < 1.29 is 14.3 Å². The molecule has 0 fully saturated rings. The van der Waals surface area contributed by atoms with Gasteiger partial charge in [-0.3, -0.25) is 4.79 Å². The Morgan fingerprint density at radius 1 is 1.00 bits per heavy atom. The number of rotatable bonds is 3. The number of nitrogens with two attached hydrogens (primary N) is 1. The molecule has 4 nitrogen and oxygen atoms in total. The number of carbonyl (C=O) groups excluding carboxylic acids is 2. The maximum absolute atomic E-state index is 12.7. The van der Waals surface area contributed by atoms with Crippen LogP contribution in [0, 0.1) is 0 Å². The van der Waals surface area contributed by atoms with Crippen molar-refractivity contribution >= 4 is 38.2 Å². The molecule has 3 aromatic rings. The molecule has 0 atom stereocenters. The van der Waals surface area contributed by atoms with Gasteiger partial charge in [0.25, 0.3) is 0 Å². The van der Waals surface area contributed by atoms with Crippen molar-refractivity contribution in [3.8, 4) is 0 Å². The van der Waals surface area contributed by atoms with Gasteiger partial charge in [0.1, 0.15) is 0 Å². The summed E-state index contributed by atoms with van der Waals surface area (Å²) in [6.45, 7) is 0. The minimum Gasteiger partial charge on any atom is -0.465 e. The van der Waals surface area contributed by atoms with Gasteiger partial charge in [0.2, 0.25) is 0 Å². The molecule has 5 heteroatoms. The third kappa shape index (κ3) is 2.35. The predicted octanol–water partition coefficient (Wildman–Crippen LogP) is 3.50. The number of hydrogen-bond donors (Lipinski definition) is 1. The summed E-state index contributed by atoms with van der Waals surface area (Å²) in [7, 11) is 1.32. The Kier molecular flexibility index (Phi) is 3.65. The first-order valence-electron chi connectivity index (χ1n) is 6.62. The molecule has 0 unspecified atom stereocenters. The Labute approximate surface area is 131 Å². The van der Waals surface area contributed by atoms with Crippen molar-refractivity contribution in [1.29, 1.82) is 0 Å². The monoisotopic (exact) mass is 311 g/mol. The molecule has 0 spiro atoms. The van der Waals surface area contributed by atoms with Gasteiger partial charge in [-0.05, 0) is 18.2 Å². The Bertz CT molecular complexity index is 865. The number of hydrogen-bond acceptors (Lipinski definition) is 5. The van der Waals surface area contributed by atoms with Crippen LogP contribution in [0.2, 0.25) is 0 Å². The summed E-state index contributed by atoms with van der Waals surface area (Å²) in [5.74, 6) is -0.578. The van der Waals surface area contributed by atoms with E-state index in [1.165, 1.54) is 18.4 Å². The van der Waals surface area contributed by atoms with Crippen LogP contribution in [0.1, 0.15) is 26.3 Å². The van der Waals surface area contributed by atoms with E-state index in [0.29, 0.717) is 21.7 Å². The zero-order chi connectivity index (χ0) is 15.7. The fourth-order valence-corrected chi connectivity index (χ4v) is 3.29. The van der Waals surface area contributed by atoms with E-state index in [2.05, 4.69) is 4.74 Å². The molecule has 22 heavy (non-hydrogen) atoms. The summed E-state index contributed by atoms with van der Waals surface area (Å²) in [5.41, 5.74) is 7.43. The number of methoxy groups -OCH3 is 1. The highest BCUT2D eigenvalue weighted by Gasteiger charge is 2.19. The summed E-state index contributed by atoms with van der Waals surface area (Å²) in [5, 5.41) is 1.36. The van der Waals surface area contributed by atoms with E-state index in [-0.39, 0.29) is 5.78 Å². The number of benzene rings is 2. The zero-order valence-corrected chi connectivity index (χ0v) is 12.6. The SMILES string of the molecule is COC(=O)c1ccc(C(=O)c2c(N)sc3ccccc23)cc1. The van der Waals surface area contributed by atoms with E-state index in [0.717, 1.165) is 10.1 Å². The van der Waals surface area contributed by atoms with Crippen LogP contribution in [-0.2, 0) is 4.74 Å². The summed E-state index contributed by atoms with van der Waals surface area (Å²) < 4.78 is 5.62. The standard InChI is InChI=1S/C17H13NO3S/c1-21-17(20)11-8-6-10(7-9-11)15(19)14-12-4-2-3-5-13(12)22-16(14)18/h2-9H,18H2,1H3. The van der Waals surface area contributed by atoms with Gasteiger partial charge < -0.3 is 10.5 Å². The van der Waals surface area contributed by atoms with Crippen LogP contribution in [0.25, 0.3) is 10.1 Å². The molecule has 0 aliphatic heterocycles. The lowest BCUT2D eigenvalue weighted by Gasteiger charge is -2.03. The molecule has 0 amide bonds. The second kappa shape index (κ2) is 5.61. The van der Waals surface area contributed by atoms with Gasteiger partial charge in [-0.15, -0.1) is 11.3 Å². The van der Waals surface area contributed by atoms with Crippen molar-refractivity contribution in [2.45, 2.75) is 0 Å². The molecular weight excluding hydrogens is 298 g/mol. The molecule has 3 rings (SSSR count). The Morgan fingerprint density at radius 3 is 2.32 bits per heavy atom. The lowest BCUT2D eigenvalue weighted by molar-refractivity contribution is 0.0600. The minimum atomic E-state index is -0.431. The quantitative estimate of drug-likeness (QED) is 0.593. The van der Waals surface area contributed by atoms with Gasteiger partial charge in [0.05, 0.1) is 23.2 Å². The first kappa shape index (κ1) is 14.3. The smallest absolute Gasteiger partial charge is 0.337 e. The van der Waals surface area contributed by atoms with Crippen LogP contribution in [0.4, 0.5) is 5.00 Å².